The van der Waals surface area contributed by atoms with Crippen LogP contribution in [0.2, 0.25) is 0 Å². The second-order valence-corrected chi connectivity index (χ2v) is 12.5. The predicted molar refractivity (Wildman–Crippen MR) is 136 cm³/mol. The number of carbonyl (C=O) groups excluding carboxylic acids is 1. The van der Waals surface area contributed by atoms with E-state index in [1.165, 1.54) is 0 Å². The molecule has 0 aliphatic carbocycles. The molecule has 0 spiro atoms. The molecule has 2 saturated heterocycles. The van der Waals surface area contributed by atoms with Crippen LogP contribution in [0.4, 0.5) is 0 Å². The number of amides is 1. The Morgan fingerprint density at radius 1 is 1.09 bits per heavy atom. The van der Waals surface area contributed by atoms with Crippen LogP contribution in [0.3, 0.4) is 0 Å². The van der Waals surface area contributed by atoms with Crippen molar-refractivity contribution in [1.29, 1.82) is 0 Å². The molecular weight excluding hydrogens is 648 g/mol. The Morgan fingerprint density at radius 3 is 2.32 bits per heavy atom. The number of carboxylic acid groups (broad SMARTS) is 1. The Bertz CT molecular complexity index is 1400. The molecule has 250 valence electrons. The summed E-state index contributed by atoms with van der Waals surface area (Å²) in [6.07, 6.45) is -14.8. The van der Waals surface area contributed by atoms with Crippen molar-refractivity contribution < 1.29 is 81.6 Å². The van der Waals surface area contributed by atoms with E-state index in [-0.39, 0.29) is 0 Å². The third-order valence-corrected chi connectivity index (χ3v) is 8.84. The number of carboxylic acids is 1. The number of aliphatic hydroxyl groups is 4. The van der Waals surface area contributed by atoms with Crippen molar-refractivity contribution in [3.8, 4) is 0 Å². The monoisotopic (exact) mass is 679 g/mol. The first-order valence-corrected chi connectivity index (χ1v) is 15.5. The smallest absolute Gasteiger partial charge is 0.479 e. The van der Waals surface area contributed by atoms with Crippen LogP contribution >= 0.6 is 15.6 Å². The van der Waals surface area contributed by atoms with Crippen LogP contribution in [-0.2, 0) is 46.3 Å². The number of rotatable bonds is 13. The van der Waals surface area contributed by atoms with E-state index in [9.17, 15) is 63.6 Å². The minimum atomic E-state index is -5.74. The number of hydrogen-bond donors (Lipinski definition) is 9. The van der Waals surface area contributed by atoms with Gasteiger partial charge in [-0.25, -0.2) is 18.7 Å². The number of H-pyrrole nitrogens is 1. The highest BCUT2D eigenvalue weighted by atomic mass is 31.3. The number of hydrogen-bond acceptors (Lipinski definition) is 16. The first-order valence-electron chi connectivity index (χ1n) is 12.5. The Morgan fingerprint density at radius 2 is 1.75 bits per heavy atom. The van der Waals surface area contributed by atoms with Gasteiger partial charge in [-0.1, -0.05) is 0 Å². The highest BCUT2D eigenvalue weighted by molar-refractivity contribution is 7.61. The molecule has 0 bridgehead atoms. The van der Waals surface area contributed by atoms with Gasteiger partial charge in [0.25, 0.3) is 5.56 Å². The molecule has 0 saturated carbocycles. The van der Waals surface area contributed by atoms with E-state index >= 15 is 0 Å². The van der Waals surface area contributed by atoms with E-state index in [0.29, 0.717) is 4.57 Å². The lowest BCUT2D eigenvalue weighted by molar-refractivity contribution is -0.262. The zero-order valence-corrected chi connectivity index (χ0v) is 24.5. The van der Waals surface area contributed by atoms with E-state index < -0.39 is 113 Å². The van der Waals surface area contributed by atoms with Crippen molar-refractivity contribution >= 4 is 27.5 Å². The largest absolute Gasteiger partial charge is 0.483 e. The number of nitrogens with zero attached hydrogens (tertiary/aromatic N) is 1. The number of aliphatic carboxylic acids is 1. The lowest BCUT2D eigenvalue weighted by Crippen LogP contribution is -2.65. The summed E-state index contributed by atoms with van der Waals surface area (Å²) < 4.78 is 55.3. The van der Waals surface area contributed by atoms with E-state index in [1.807, 2.05) is 4.98 Å². The van der Waals surface area contributed by atoms with Gasteiger partial charge < -0.3 is 54.8 Å². The number of nitrogens with one attached hydrogen (secondary N) is 2. The van der Waals surface area contributed by atoms with Gasteiger partial charge in [-0.15, -0.1) is 0 Å². The average Bonchev–Trinajstić information content (AvgIpc) is 3.18. The first kappa shape index (κ1) is 36.1. The number of ether oxygens (including phenoxy) is 3. The van der Waals surface area contributed by atoms with Crippen molar-refractivity contribution in [2.24, 2.45) is 0 Å². The van der Waals surface area contributed by atoms with Crippen LogP contribution < -0.4 is 16.6 Å². The third-order valence-electron chi connectivity index (χ3n) is 6.24. The van der Waals surface area contributed by atoms with Crippen LogP contribution in [0.1, 0.15) is 20.1 Å². The van der Waals surface area contributed by atoms with Gasteiger partial charge in [0.05, 0.1) is 13.2 Å². The van der Waals surface area contributed by atoms with Crippen molar-refractivity contribution in [2.45, 2.75) is 75.1 Å². The predicted octanol–water partition coefficient (Wildman–Crippen LogP) is -4.15. The zero-order chi connectivity index (χ0) is 33.1. The maximum Gasteiger partial charge on any atom is 0.483 e. The van der Waals surface area contributed by atoms with Crippen molar-refractivity contribution in [1.82, 2.24) is 14.9 Å². The molecule has 12 atom stereocenters. The molecule has 1 aromatic rings. The molecule has 2 aliphatic heterocycles. The van der Waals surface area contributed by atoms with Gasteiger partial charge in [-0.3, -0.25) is 28.2 Å². The quantitative estimate of drug-likeness (QED) is 0.0893. The molecule has 3 heterocycles. The van der Waals surface area contributed by atoms with Crippen LogP contribution in [0, 0.1) is 0 Å². The Hall–Kier alpha value is -2.40. The van der Waals surface area contributed by atoms with Crippen molar-refractivity contribution in [3.05, 3.63) is 33.1 Å². The van der Waals surface area contributed by atoms with Crippen molar-refractivity contribution in [2.75, 3.05) is 13.2 Å². The minimum Gasteiger partial charge on any atom is -0.479 e. The molecule has 3 unspecified atom stereocenters. The average molecular weight is 679 g/mol. The van der Waals surface area contributed by atoms with Gasteiger partial charge in [0.15, 0.2) is 18.6 Å². The molecule has 0 radical (unpaired) electrons. The zero-order valence-electron chi connectivity index (χ0n) is 22.7. The fraction of sp³-hybridized carbons (Fsp3) is 0.700. The molecule has 0 aromatic carbocycles. The van der Waals surface area contributed by atoms with Crippen LogP contribution in [-0.4, -0.2) is 125 Å². The number of phosphoric ester groups is 2. The van der Waals surface area contributed by atoms with E-state index in [4.69, 9.17) is 18.7 Å². The summed E-state index contributed by atoms with van der Waals surface area (Å²) in [4.78, 5) is 68.5. The van der Waals surface area contributed by atoms with Gasteiger partial charge in [-0.05, 0) is 6.92 Å². The van der Waals surface area contributed by atoms with Crippen LogP contribution in [0.15, 0.2) is 21.9 Å². The number of aliphatic hydroxyl groups excluding tert-OH is 4. The maximum atomic E-state index is 12.7. The summed E-state index contributed by atoms with van der Waals surface area (Å²) in [5.74, 6) is -2.35. The fourth-order valence-corrected chi connectivity index (χ4v) is 6.36. The van der Waals surface area contributed by atoms with E-state index in [2.05, 4.69) is 14.2 Å². The van der Waals surface area contributed by atoms with Crippen LogP contribution in [0.5, 0.6) is 0 Å². The number of carbonyl (C=O) groups is 2. The van der Waals surface area contributed by atoms with Gasteiger partial charge >= 0.3 is 27.3 Å². The maximum absolute atomic E-state index is 12.7. The summed E-state index contributed by atoms with van der Waals surface area (Å²) in [5, 5.41) is 51.9. The number of aromatic amines is 1. The van der Waals surface area contributed by atoms with Crippen LogP contribution in [0.25, 0.3) is 0 Å². The molecule has 3 rings (SSSR count). The second kappa shape index (κ2) is 14.4. The molecule has 2 fully saturated rings. The normalized spacial score (nSPS) is 34.0. The molecular formula is C20H31N3O19P2. The van der Waals surface area contributed by atoms with Gasteiger partial charge in [0, 0.05) is 19.2 Å². The highest BCUT2D eigenvalue weighted by Gasteiger charge is 2.52. The lowest BCUT2D eigenvalue weighted by Gasteiger charge is -2.44. The standard InChI is InChI=1S/C20H31N3O19P2/c1-7(18(30)31)38-16-12(21-8(2)25)19(40-9(5-24)14(16)28)41-44(35,36)42-43(33,34)37-6-10-13(27)15(29)17(39-10)23-4-3-11(26)22-20(23)32/h3-4,7,9-10,12-17,19,24,27-29H,5-6H2,1-2H3,(H,21,25)(H,30,31)(H,33,34)(H,35,36)(H,22,26,32)/t7?,9-,10-,12-,13-,14-,15-,16-,17-,19-/m1/s1. The van der Waals surface area contributed by atoms with Gasteiger partial charge in [-0.2, -0.15) is 4.31 Å². The summed E-state index contributed by atoms with van der Waals surface area (Å²) in [6, 6.07) is -0.828. The SMILES string of the molecule is CC(=O)N[C@H]1[C@@H](OP(=O)(O)OP(=O)(O)OC[C@H]2O[C@@H](n3ccc(=O)[nH]c3=O)[C@H](O)[C@@H]2O)O[C@H](CO)[C@@H](O)[C@@H]1OC(C)C(=O)O. The van der Waals surface area contributed by atoms with E-state index in [0.717, 1.165) is 26.1 Å². The Balaban J connectivity index is 1.72. The summed E-state index contributed by atoms with van der Waals surface area (Å²) in [5.41, 5.74) is -1.79. The first-order chi connectivity index (χ1) is 20.4. The third kappa shape index (κ3) is 8.86. The summed E-state index contributed by atoms with van der Waals surface area (Å²) in [6.45, 7) is -0.00580. The summed E-state index contributed by atoms with van der Waals surface area (Å²) in [7, 11) is -11.3. The second-order valence-electron chi connectivity index (χ2n) is 9.51. The lowest BCUT2D eigenvalue weighted by atomic mass is 9.96. The molecule has 22 nitrogen and oxygen atoms in total. The fourth-order valence-electron chi connectivity index (χ4n) is 4.20. The molecule has 9 N–H and O–H groups in total. The molecule has 24 heteroatoms. The Labute approximate surface area is 245 Å². The van der Waals surface area contributed by atoms with Gasteiger partial charge in [0.1, 0.15) is 42.7 Å². The Kier molecular flexibility index (Phi) is 11.8. The van der Waals surface area contributed by atoms with Crippen molar-refractivity contribution in [3.63, 3.8) is 0 Å². The summed E-state index contributed by atoms with van der Waals surface area (Å²) >= 11 is 0. The number of phosphoric acid groups is 2. The molecule has 1 amide bonds. The topological polar surface area (TPSA) is 332 Å². The number of aromatic nitrogens is 2. The highest BCUT2D eigenvalue weighted by Crippen LogP contribution is 2.61. The molecule has 2 aliphatic rings. The molecule has 1 aromatic heterocycles. The van der Waals surface area contributed by atoms with E-state index in [1.54, 1.807) is 0 Å². The molecule has 44 heavy (non-hydrogen) atoms. The minimum absolute atomic E-state index is 0.709. The van der Waals surface area contributed by atoms with Gasteiger partial charge in [0.2, 0.25) is 5.91 Å².